The van der Waals surface area contributed by atoms with Crippen LogP contribution in [-0.4, -0.2) is 16.2 Å². The second kappa shape index (κ2) is 6.55. The SMILES string of the molecule is Cc1cc2nc(C)n(CCOc3ccc(C(C)(C)C)cc3)c2cc1C. The predicted molar refractivity (Wildman–Crippen MR) is 105 cm³/mol. The molecule has 0 aliphatic carbocycles. The van der Waals surface area contributed by atoms with E-state index in [1.165, 1.54) is 22.2 Å². The van der Waals surface area contributed by atoms with Gasteiger partial charge in [-0.25, -0.2) is 4.98 Å². The van der Waals surface area contributed by atoms with Crippen molar-refractivity contribution in [1.29, 1.82) is 0 Å². The van der Waals surface area contributed by atoms with Gasteiger partial charge in [-0.2, -0.15) is 0 Å². The first kappa shape index (κ1) is 17.5. The zero-order chi connectivity index (χ0) is 18.2. The predicted octanol–water partition coefficient (Wildman–Crippen LogP) is 5.34. The lowest BCUT2D eigenvalue weighted by Gasteiger charge is -2.19. The number of benzene rings is 2. The number of aryl methyl sites for hydroxylation is 3. The summed E-state index contributed by atoms with van der Waals surface area (Å²) in [5, 5.41) is 0. The smallest absolute Gasteiger partial charge is 0.119 e. The molecule has 25 heavy (non-hydrogen) atoms. The lowest BCUT2D eigenvalue weighted by Crippen LogP contribution is -2.11. The van der Waals surface area contributed by atoms with Crippen molar-refractivity contribution >= 4 is 11.0 Å². The van der Waals surface area contributed by atoms with Crippen molar-refractivity contribution in [1.82, 2.24) is 9.55 Å². The Balaban J connectivity index is 1.71. The van der Waals surface area contributed by atoms with E-state index in [0.717, 1.165) is 23.6 Å². The van der Waals surface area contributed by atoms with E-state index < -0.39 is 0 Å². The maximum absolute atomic E-state index is 5.96. The Morgan fingerprint density at radius 3 is 2.24 bits per heavy atom. The van der Waals surface area contributed by atoms with E-state index >= 15 is 0 Å². The normalized spacial score (nSPS) is 11.9. The number of hydrogen-bond donors (Lipinski definition) is 0. The van der Waals surface area contributed by atoms with Crippen molar-refractivity contribution in [2.45, 2.75) is 53.5 Å². The molecule has 0 saturated carbocycles. The molecule has 3 nitrogen and oxygen atoms in total. The maximum Gasteiger partial charge on any atom is 0.119 e. The summed E-state index contributed by atoms with van der Waals surface area (Å²) in [5.74, 6) is 1.95. The molecule has 0 bridgehead atoms. The van der Waals surface area contributed by atoms with Crippen molar-refractivity contribution < 1.29 is 4.74 Å². The Labute approximate surface area is 150 Å². The van der Waals surface area contributed by atoms with Gasteiger partial charge in [-0.05, 0) is 67.1 Å². The standard InChI is InChI=1S/C22H28N2O/c1-15-13-20-21(14-16(15)2)24(17(3)23-20)11-12-25-19-9-7-18(8-10-19)22(4,5)6/h7-10,13-14H,11-12H2,1-6H3. The van der Waals surface area contributed by atoms with E-state index in [1.807, 2.05) is 0 Å². The number of rotatable bonds is 4. The fourth-order valence-electron chi connectivity index (χ4n) is 3.09. The highest BCUT2D eigenvalue weighted by molar-refractivity contribution is 5.78. The van der Waals surface area contributed by atoms with Crippen LogP contribution in [0.25, 0.3) is 11.0 Å². The van der Waals surface area contributed by atoms with Crippen molar-refractivity contribution in [3.63, 3.8) is 0 Å². The average molecular weight is 336 g/mol. The Morgan fingerprint density at radius 2 is 1.60 bits per heavy atom. The van der Waals surface area contributed by atoms with Crippen LogP contribution < -0.4 is 4.74 Å². The molecule has 3 rings (SSSR count). The summed E-state index contributed by atoms with van der Waals surface area (Å²) in [4.78, 5) is 4.69. The van der Waals surface area contributed by atoms with E-state index in [9.17, 15) is 0 Å². The van der Waals surface area contributed by atoms with Crippen molar-refractivity contribution in [2.24, 2.45) is 0 Å². The second-order valence-electron chi connectivity index (χ2n) is 7.86. The van der Waals surface area contributed by atoms with Crippen LogP contribution in [0.4, 0.5) is 0 Å². The third-order valence-corrected chi connectivity index (χ3v) is 4.86. The molecule has 0 aliphatic heterocycles. The van der Waals surface area contributed by atoms with E-state index in [1.54, 1.807) is 0 Å². The van der Waals surface area contributed by atoms with E-state index in [0.29, 0.717) is 6.61 Å². The van der Waals surface area contributed by atoms with Gasteiger partial charge in [-0.3, -0.25) is 0 Å². The summed E-state index contributed by atoms with van der Waals surface area (Å²) < 4.78 is 8.20. The molecule has 0 fully saturated rings. The lowest BCUT2D eigenvalue weighted by molar-refractivity contribution is 0.298. The highest BCUT2D eigenvalue weighted by atomic mass is 16.5. The van der Waals surface area contributed by atoms with Crippen LogP contribution in [0, 0.1) is 20.8 Å². The van der Waals surface area contributed by atoms with E-state index in [2.05, 4.69) is 87.5 Å². The van der Waals surface area contributed by atoms with Gasteiger partial charge in [-0.1, -0.05) is 32.9 Å². The fraction of sp³-hybridized carbons (Fsp3) is 0.409. The van der Waals surface area contributed by atoms with Gasteiger partial charge >= 0.3 is 0 Å². The minimum absolute atomic E-state index is 0.168. The Bertz CT molecular complexity index is 883. The van der Waals surface area contributed by atoms with Gasteiger partial charge in [0.05, 0.1) is 17.6 Å². The molecule has 0 N–H and O–H groups in total. The van der Waals surface area contributed by atoms with Crippen molar-refractivity contribution in [2.75, 3.05) is 6.61 Å². The van der Waals surface area contributed by atoms with Crippen LogP contribution in [0.2, 0.25) is 0 Å². The van der Waals surface area contributed by atoms with Gasteiger partial charge in [0.25, 0.3) is 0 Å². The fourth-order valence-corrected chi connectivity index (χ4v) is 3.09. The summed E-state index contributed by atoms with van der Waals surface area (Å²) in [7, 11) is 0. The van der Waals surface area contributed by atoms with Crippen LogP contribution >= 0.6 is 0 Å². The number of fused-ring (bicyclic) bond motifs is 1. The average Bonchev–Trinajstić information content (AvgIpc) is 2.83. The third-order valence-electron chi connectivity index (χ3n) is 4.86. The van der Waals surface area contributed by atoms with Crippen LogP contribution in [0.1, 0.15) is 43.3 Å². The summed E-state index contributed by atoms with van der Waals surface area (Å²) in [6.07, 6.45) is 0. The number of imidazole rings is 1. The molecule has 0 atom stereocenters. The number of hydrogen-bond acceptors (Lipinski definition) is 2. The molecule has 0 unspecified atom stereocenters. The third kappa shape index (κ3) is 3.71. The molecule has 3 aromatic rings. The van der Waals surface area contributed by atoms with Crippen LogP contribution in [-0.2, 0) is 12.0 Å². The first-order valence-corrected chi connectivity index (χ1v) is 8.93. The zero-order valence-electron chi connectivity index (χ0n) is 16.2. The number of nitrogens with zero attached hydrogens (tertiary/aromatic N) is 2. The first-order valence-electron chi connectivity index (χ1n) is 8.93. The molecule has 0 amide bonds. The summed E-state index contributed by atoms with van der Waals surface area (Å²) >= 11 is 0. The highest BCUT2D eigenvalue weighted by Crippen LogP contribution is 2.24. The monoisotopic (exact) mass is 336 g/mol. The molecule has 2 aromatic carbocycles. The molecule has 132 valence electrons. The molecule has 1 heterocycles. The molecule has 0 spiro atoms. The van der Waals surface area contributed by atoms with Crippen LogP contribution in [0.15, 0.2) is 36.4 Å². The molecule has 0 saturated heterocycles. The number of ether oxygens (including phenoxy) is 1. The van der Waals surface area contributed by atoms with E-state index in [-0.39, 0.29) is 5.41 Å². The van der Waals surface area contributed by atoms with Gasteiger partial charge in [0.2, 0.25) is 0 Å². The number of aromatic nitrogens is 2. The van der Waals surface area contributed by atoms with Crippen LogP contribution in [0.5, 0.6) is 5.75 Å². The Hall–Kier alpha value is -2.29. The summed E-state index contributed by atoms with van der Waals surface area (Å²) in [6.45, 7) is 14.4. The topological polar surface area (TPSA) is 27.1 Å². The summed E-state index contributed by atoms with van der Waals surface area (Å²) in [6, 6.07) is 12.8. The zero-order valence-corrected chi connectivity index (χ0v) is 16.2. The second-order valence-corrected chi connectivity index (χ2v) is 7.86. The lowest BCUT2D eigenvalue weighted by atomic mass is 9.87. The van der Waals surface area contributed by atoms with Gasteiger partial charge in [0, 0.05) is 0 Å². The molecule has 0 aliphatic rings. The van der Waals surface area contributed by atoms with Gasteiger partial charge in [0.1, 0.15) is 18.2 Å². The molecule has 0 radical (unpaired) electrons. The molecule has 3 heteroatoms. The van der Waals surface area contributed by atoms with Crippen LogP contribution in [0.3, 0.4) is 0 Å². The Morgan fingerprint density at radius 1 is 0.960 bits per heavy atom. The summed E-state index contributed by atoms with van der Waals surface area (Å²) in [5.41, 5.74) is 6.32. The molecular formula is C22H28N2O. The Kier molecular flexibility index (Phi) is 4.59. The minimum atomic E-state index is 0.168. The largest absolute Gasteiger partial charge is 0.492 e. The quantitative estimate of drug-likeness (QED) is 0.643. The molecule has 1 aromatic heterocycles. The van der Waals surface area contributed by atoms with Crippen molar-refractivity contribution in [3.8, 4) is 5.75 Å². The maximum atomic E-state index is 5.96. The van der Waals surface area contributed by atoms with E-state index in [4.69, 9.17) is 4.74 Å². The minimum Gasteiger partial charge on any atom is -0.492 e. The highest BCUT2D eigenvalue weighted by Gasteiger charge is 2.13. The molecular weight excluding hydrogens is 308 g/mol. The van der Waals surface area contributed by atoms with Crippen molar-refractivity contribution in [3.05, 3.63) is 58.9 Å². The van der Waals surface area contributed by atoms with Gasteiger partial charge in [-0.15, -0.1) is 0 Å². The van der Waals surface area contributed by atoms with Gasteiger partial charge in [0.15, 0.2) is 0 Å². The van der Waals surface area contributed by atoms with Gasteiger partial charge < -0.3 is 9.30 Å². The first-order chi connectivity index (χ1) is 11.8.